The van der Waals surface area contributed by atoms with Crippen LogP contribution in [-0.2, 0) is 23.8 Å². The molecular weight excluding hydrogens is 632 g/mol. The number of hydrogen-bond donors (Lipinski definition) is 6. The molecule has 3 aliphatic heterocycles. The molecule has 0 aromatic rings. The van der Waals surface area contributed by atoms with Gasteiger partial charge in [-0.15, -0.1) is 0 Å². The first kappa shape index (κ1) is 42.2. The van der Waals surface area contributed by atoms with E-state index in [-0.39, 0.29) is 24.0 Å². The van der Waals surface area contributed by atoms with Crippen molar-refractivity contribution in [1.82, 2.24) is 0 Å². The second kappa shape index (κ2) is 15.8. The van der Waals surface area contributed by atoms with E-state index in [2.05, 4.69) is 0 Å². The lowest BCUT2D eigenvalue weighted by Gasteiger charge is -2.52. The van der Waals surface area contributed by atoms with Crippen LogP contribution in [0.4, 0.5) is 0 Å². The van der Waals surface area contributed by atoms with Gasteiger partial charge >= 0.3 is 5.97 Å². The number of ether oxygens (including phenoxy) is 3. The van der Waals surface area contributed by atoms with E-state index < -0.39 is 94.8 Å². The highest BCUT2D eigenvalue weighted by atomic mass is 16.7. The van der Waals surface area contributed by atoms with Crippen LogP contribution in [0.2, 0.25) is 0 Å². The third-order valence-corrected chi connectivity index (χ3v) is 13.1. The Labute approximate surface area is 294 Å². The molecule has 0 radical (unpaired) electrons. The van der Waals surface area contributed by atoms with E-state index in [9.17, 15) is 40.2 Å². The van der Waals surface area contributed by atoms with Gasteiger partial charge in [0.1, 0.15) is 17.3 Å². The van der Waals surface area contributed by atoms with Gasteiger partial charge in [0, 0.05) is 35.5 Å². The molecule has 3 saturated heterocycles. The smallest absolute Gasteiger partial charge is 0.311 e. The number of Topliss-reactive ketones (excluding diaryl/α,β-unsaturated/α-hetero) is 1. The van der Waals surface area contributed by atoms with E-state index in [1.807, 2.05) is 48.5 Å². The molecule has 3 fully saturated rings. The predicted molar refractivity (Wildman–Crippen MR) is 184 cm³/mol. The number of carbonyl (C=O) groups excluding carboxylic acids is 1. The molecule has 3 aliphatic rings. The highest BCUT2D eigenvalue weighted by Crippen LogP contribution is 2.56. The van der Waals surface area contributed by atoms with E-state index in [0.717, 1.165) is 6.42 Å². The first-order valence-electron chi connectivity index (χ1n) is 19.0. The van der Waals surface area contributed by atoms with Crippen molar-refractivity contribution in [3.8, 4) is 0 Å². The Morgan fingerprint density at radius 1 is 0.918 bits per heavy atom. The van der Waals surface area contributed by atoms with Crippen molar-refractivity contribution in [3.05, 3.63) is 0 Å². The quantitative estimate of drug-likeness (QED) is 0.132. The van der Waals surface area contributed by atoms with Crippen LogP contribution < -0.4 is 0 Å². The number of carbonyl (C=O) groups is 2. The average molecular weight is 701 g/mol. The van der Waals surface area contributed by atoms with E-state index >= 15 is 0 Å². The van der Waals surface area contributed by atoms with Crippen LogP contribution in [0.1, 0.15) is 128 Å². The summed E-state index contributed by atoms with van der Waals surface area (Å²) < 4.78 is 19.4. The van der Waals surface area contributed by atoms with Gasteiger partial charge in [0.05, 0.1) is 36.1 Å². The number of aliphatic hydroxyl groups excluding tert-OH is 3. The molecule has 0 bridgehead atoms. The summed E-state index contributed by atoms with van der Waals surface area (Å²) in [6.07, 6.45) is -0.779. The van der Waals surface area contributed by atoms with Gasteiger partial charge in [-0.2, -0.15) is 0 Å². The largest absolute Gasteiger partial charge is 0.481 e. The fraction of sp³-hybridized carbons (Fsp3) is 0.947. The van der Waals surface area contributed by atoms with Crippen molar-refractivity contribution >= 4 is 11.8 Å². The minimum atomic E-state index is -2.16. The Hall–Kier alpha value is -1.18. The molecule has 0 aliphatic carbocycles. The molecule has 0 saturated carbocycles. The second-order valence-electron chi connectivity index (χ2n) is 16.2. The lowest BCUT2D eigenvalue weighted by Crippen LogP contribution is -2.64. The summed E-state index contributed by atoms with van der Waals surface area (Å²) in [7, 11) is 0. The zero-order valence-electron chi connectivity index (χ0n) is 31.9. The Balaban J connectivity index is 1.85. The summed E-state index contributed by atoms with van der Waals surface area (Å²) in [5.41, 5.74) is -2.05. The number of aliphatic hydroxyl groups is 5. The van der Waals surface area contributed by atoms with Crippen LogP contribution in [0.3, 0.4) is 0 Å². The highest BCUT2D eigenvalue weighted by Gasteiger charge is 2.67. The molecule has 3 heterocycles. The first-order valence-corrected chi connectivity index (χ1v) is 19.0. The van der Waals surface area contributed by atoms with Crippen molar-refractivity contribution < 1.29 is 54.4 Å². The summed E-state index contributed by atoms with van der Waals surface area (Å²) in [6.45, 7) is 20.0. The van der Waals surface area contributed by atoms with Gasteiger partial charge in [-0.1, -0.05) is 75.7 Å². The van der Waals surface area contributed by atoms with Gasteiger partial charge in [-0.05, 0) is 57.8 Å². The number of hydrogen-bond acceptors (Lipinski definition) is 10. The zero-order valence-corrected chi connectivity index (χ0v) is 31.9. The molecule has 6 N–H and O–H groups in total. The minimum absolute atomic E-state index is 0.0760. The molecule has 11 nitrogen and oxygen atoms in total. The SMILES string of the molecule is CCC[C@H](O)[C@@]1(CC)C[C@@H](C)[C@](O)([C@]2(C)C[C@H](C)[C@@H]([C@@H](CC)C(=O)[C@@H](C)[C@@H](O)[C@H](C)[C@H]3O[C@@](O)([C@@H](CC)C(=O)O)[C@@H](C)[C@H](O)[C@@H]3CC)O2)O1. The third kappa shape index (κ3) is 7.26. The van der Waals surface area contributed by atoms with Crippen molar-refractivity contribution in [1.29, 1.82) is 0 Å². The molecule has 49 heavy (non-hydrogen) atoms. The van der Waals surface area contributed by atoms with Gasteiger partial charge in [0.2, 0.25) is 0 Å². The maximum absolute atomic E-state index is 14.3. The fourth-order valence-electron chi connectivity index (χ4n) is 9.82. The Morgan fingerprint density at radius 3 is 2.02 bits per heavy atom. The topological polar surface area (TPSA) is 183 Å². The van der Waals surface area contributed by atoms with E-state index in [1.54, 1.807) is 27.7 Å². The van der Waals surface area contributed by atoms with Gasteiger partial charge in [-0.25, -0.2) is 0 Å². The molecule has 17 atom stereocenters. The van der Waals surface area contributed by atoms with E-state index in [0.29, 0.717) is 38.5 Å². The lowest BCUT2D eigenvalue weighted by molar-refractivity contribution is -0.348. The van der Waals surface area contributed by atoms with E-state index in [4.69, 9.17) is 14.2 Å². The van der Waals surface area contributed by atoms with Crippen molar-refractivity contribution in [2.75, 3.05) is 0 Å². The highest BCUT2D eigenvalue weighted by molar-refractivity contribution is 5.84. The lowest BCUT2D eigenvalue weighted by atomic mass is 9.69. The molecule has 0 aromatic carbocycles. The number of carboxylic acids is 1. The van der Waals surface area contributed by atoms with E-state index in [1.165, 1.54) is 0 Å². The molecule has 3 rings (SSSR count). The van der Waals surface area contributed by atoms with Crippen LogP contribution in [0, 0.1) is 47.3 Å². The zero-order chi connectivity index (χ0) is 37.4. The summed E-state index contributed by atoms with van der Waals surface area (Å²) >= 11 is 0. The van der Waals surface area contributed by atoms with Gasteiger partial charge < -0.3 is 44.8 Å². The Morgan fingerprint density at radius 2 is 1.53 bits per heavy atom. The summed E-state index contributed by atoms with van der Waals surface area (Å²) in [6, 6.07) is 0. The Kier molecular flexibility index (Phi) is 13.6. The van der Waals surface area contributed by atoms with Crippen molar-refractivity contribution in [2.24, 2.45) is 47.3 Å². The van der Waals surface area contributed by atoms with Gasteiger partial charge in [0.15, 0.2) is 11.6 Å². The molecule has 0 spiro atoms. The fourth-order valence-corrected chi connectivity index (χ4v) is 9.82. The maximum atomic E-state index is 14.3. The summed E-state index contributed by atoms with van der Waals surface area (Å²) in [5, 5.41) is 67.8. The number of rotatable bonds is 16. The van der Waals surface area contributed by atoms with Gasteiger partial charge in [0.25, 0.3) is 0 Å². The third-order valence-electron chi connectivity index (χ3n) is 13.1. The number of carboxylic acid groups (broad SMARTS) is 1. The van der Waals surface area contributed by atoms with Crippen molar-refractivity contribution in [3.63, 3.8) is 0 Å². The molecule has 0 amide bonds. The normalized spacial score (nSPS) is 43.5. The molecule has 0 aromatic heterocycles. The first-order chi connectivity index (χ1) is 22.7. The minimum Gasteiger partial charge on any atom is -0.481 e. The molecule has 0 unspecified atom stereocenters. The molecule has 11 heteroatoms. The van der Waals surface area contributed by atoms with Crippen LogP contribution in [0.15, 0.2) is 0 Å². The predicted octanol–water partition coefficient (Wildman–Crippen LogP) is 4.67. The summed E-state index contributed by atoms with van der Waals surface area (Å²) in [5.74, 6) is -10.7. The molecule has 286 valence electrons. The van der Waals surface area contributed by atoms with Crippen molar-refractivity contribution in [2.45, 2.75) is 181 Å². The van der Waals surface area contributed by atoms with Gasteiger partial charge in [-0.3, -0.25) is 9.59 Å². The maximum Gasteiger partial charge on any atom is 0.311 e. The molecular formula is C38H68O11. The average Bonchev–Trinajstić information content (AvgIpc) is 3.52. The number of aliphatic carboxylic acids is 1. The number of ketones is 1. The Bertz CT molecular complexity index is 1130. The van der Waals surface area contributed by atoms with Crippen LogP contribution >= 0.6 is 0 Å². The van der Waals surface area contributed by atoms with Crippen LogP contribution in [0.5, 0.6) is 0 Å². The standard InChI is InChI=1S/C38H68O11/c1-12-17-28(39)36(16-5)19-21(7)38(46,49-36)35(11)18-20(6)32(47-35)25(13-2)30(41)22(8)29(40)23(9)33-26(14-3)31(42)24(10)37(45,48-33)27(15-4)34(43)44/h20-29,31-33,39-40,42,45-46H,12-19H2,1-11H3,(H,43,44)/t20-,21+,22-,23-,24-,25-,26-,27-,28-,29+,31-,32-,33+,35-,36+,37+,38+/m0/s1. The summed E-state index contributed by atoms with van der Waals surface area (Å²) in [4.78, 5) is 26.4. The second-order valence-corrected chi connectivity index (χ2v) is 16.2. The van der Waals surface area contributed by atoms with Crippen LogP contribution in [-0.4, -0.2) is 95.7 Å². The van der Waals surface area contributed by atoms with Crippen LogP contribution in [0.25, 0.3) is 0 Å². The monoisotopic (exact) mass is 700 g/mol.